The maximum atomic E-state index is 13.1. The highest BCUT2D eigenvalue weighted by molar-refractivity contribution is 5.89. The number of fused-ring (bicyclic) bond motifs is 1. The number of urea groups is 1. The molecule has 174 valence electrons. The summed E-state index contributed by atoms with van der Waals surface area (Å²) in [5, 5.41) is 5.78. The van der Waals surface area contributed by atoms with E-state index >= 15 is 0 Å². The molecule has 0 saturated heterocycles. The van der Waals surface area contributed by atoms with Gasteiger partial charge in [0.2, 0.25) is 0 Å². The van der Waals surface area contributed by atoms with E-state index in [1.54, 1.807) is 12.1 Å². The first kappa shape index (κ1) is 23.0. The number of rotatable bonds is 6. The van der Waals surface area contributed by atoms with Gasteiger partial charge in [-0.25, -0.2) is 14.2 Å². The predicted octanol–water partition coefficient (Wildman–Crippen LogP) is 6.23. The molecule has 0 spiro atoms. The van der Waals surface area contributed by atoms with Gasteiger partial charge in [0.25, 0.3) is 0 Å². The first-order chi connectivity index (χ1) is 15.8. The number of hydrogen-bond acceptors (Lipinski definition) is 2. The van der Waals surface area contributed by atoms with Gasteiger partial charge in [-0.2, -0.15) is 0 Å². The van der Waals surface area contributed by atoms with E-state index in [0.29, 0.717) is 30.0 Å². The third kappa shape index (κ3) is 5.44. The molecule has 1 aromatic heterocycles. The minimum atomic E-state index is -0.323. The maximum absolute atomic E-state index is 13.1. The summed E-state index contributed by atoms with van der Waals surface area (Å²) in [6, 6.07) is 11.7. The maximum Gasteiger partial charge on any atom is 0.319 e. The molecule has 3 unspecified atom stereocenters. The summed E-state index contributed by atoms with van der Waals surface area (Å²) in [5.41, 5.74) is 5.27. The van der Waals surface area contributed by atoms with Gasteiger partial charge in [-0.15, -0.1) is 0 Å². The lowest BCUT2D eigenvalue weighted by atomic mass is 9.70. The third-order valence-corrected chi connectivity index (χ3v) is 6.89. The Morgan fingerprint density at radius 1 is 1.18 bits per heavy atom. The van der Waals surface area contributed by atoms with Gasteiger partial charge in [-0.3, -0.25) is 0 Å². The van der Waals surface area contributed by atoms with Crippen molar-refractivity contribution in [3.8, 4) is 0 Å². The molecular weight excluding hydrogens is 415 g/mol. The van der Waals surface area contributed by atoms with Crippen LogP contribution in [0.1, 0.15) is 38.6 Å². The minimum Gasteiger partial charge on any atom is -0.342 e. The predicted molar refractivity (Wildman–Crippen MR) is 132 cm³/mol. The molecule has 0 fully saturated rings. The number of H-pyrrole nitrogens is 1. The van der Waals surface area contributed by atoms with Gasteiger partial charge in [0, 0.05) is 18.7 Å². The second-order valence-electron chi connectivity index (χ2n) is 9.62. The fourth-order valence-electron chi connectivity index (χ4n) is 4.98. The monoisotopic (exact) mass is 448 g/mol. The van der Waals surface area contributed by atoms with Crippen molar-refractivity contribution in [2.75, 3.05) is 11.9 Å². The molecule has 2 aromatic carbocycles. The highest BCUT2D eigenvalue weighted by Crippen LogP contribution is 2.38. The summed E-state index contributed by atoms with van der Waals surface area (Å²) < 4.78 is 13.1. The van der Waals surface area contributed by atoms with Gasteiger partial charge in [0.1, 0.15) is 11.6 Å². The summed E-state index contributed by atoms with van der Waals surface area (Å²) in [6.45, 7) is 9.38. The molecule has 1 heterocycles. The molecule has 0 aliphatic heterocycles. The van der Waals surface area contributed by atoms with Crippen LogP contribution in [0.3, 0.4) is 0 Å². The zero-order valence-corrected chi connectivity index (χ0v) is 19.8. The lowest BCUT2D eigenvalue weighted by Crippen LogP contribution is -2.38. The Labute approximate surface area is 194 Å². The molecule has 0 saturated carbocycles. The zero-order chi connectivity index (χ0) is 23.5. The number of carbonyl (C=O) groups is 1. The van der Waals surface area contributed by atoms with Crippen molar-refractivity contribution >= 4 is 22.8 Å². The standard InChI is InChI=1S/C27H33FN4O/c1-16(2)23-13-19(14-25-31-24-7-5-6-17(3)26(24)32-25)18(4)12-20(23)15-29-27(33)30-22-10-8-21(28)9-11-22/h5-12,16,19-20,23H,13-15H2,1-4H3,(H,31,32)(H2,29,30,33). The highest BCUT2D eigenvalue weighted by Gasteiger charge is 2.32. The minimum absolute atomic E-state index is 0.269. The van der Waals surface area contributed by atoms with Crippen LogP contribution >= 0.6 is 0 Å². The summed E-state index contributed by atoms with van der Waals surface area (Å²) >= 11 is 0. The van der Waals surface area contributed by atoms with Crippen LogP contribution in [0.2, 0.25) is 0 Å². The molecule has 6 heteroatoms. The molecular formula is C27H33FN4O. The topological polar surface area (TPSA) is 69.8 Å². The molecule has 0 radical (unpaired) electrons. The van der Waals surface area contributed by atoms with Crippen molar-refractivity contribution in [3.63, 3.8) is 0 Å². The number of amides is 2. The summed E-state index contributed by atoms with van der Waals surface area (Å²) in [5.74, 6) is 2.39. The van der Waals surface area contributed by atoms with E-state index in [4.69, 9.17) is 4.98 Å². The van der Waals surface area contributed by atoms with E-state index in [-0.39, 0.29) is 17.8 Å². The van der Waals surface area contributed by atoms with Crippen LogP contribution in [-0.2, 0) is 6.42 Å². The van der Waals surface area contributed by atoms with Crippen LogP contribution in [0.5, 0.6) is 0 Å². The summed E-state index contributed by atoms with van der Waals surface area (Å²) in [7, 11) is 0. The number of hydrogen-bond donors (Lipinski definition) is 3. The number of imidazole rings is 1. The molecule has 1 aliphatic rings. The van der Waals surface area contributed by atoms with Crippen molar-refractivity contribution in [3.05, 3.63) is 71.3 Å². The molecule has 3 aromatic rings. The Bertz CT molecular complexity index is 1150. The molecule has 5 nitrogen and oxygen atoms in total. The number of allylic oxidation sites excluding steroid dienone is 1. The summed E-state index contributed by atoms with van der Waals surface area (Å²) in [4.78, 5) is 20.7. The summed E-state index contributed by atoms with van der Waals surface area (Å²) in [6.07, 6.45) is 4.30. The number of benzene rings is 2. The molecule has 4 rings (SSSR count). The van der Waals surface area contributed by atoms with Crippen LogP contribution in [0.25, 0.3) is 11.0 Å². The average Bonchev–Trinajstić information content (AvgIpc) is 3.19. The number of aromatic amines is 1. The zero-order valence-electron chi connectivity index (χ0n) is 19.8. The van der Waals surface area contributed by atoms with Crippen molar-refractivity contribution in [1.29, 1.82) is 0 Å². The molecule has 3 N–H and O–H groups in total. The van der Waals surface area contributed by atoms with E-state index in [0.717, 1.165) is 29.7 Å². The highest BCUT2D eigenvalue weighted by atomic mass is 19.1. The van der Waals surface area contributed by atoms with Gasteiger partial charge in [-0.1, -0.05) is 37.6 Å². The first-order valence-corrected chi connectivity index (χ1v) is 11.7. The molecule has 3 atom stereocenters. The van der Waals surface area contributed by atoms with Crippen molar-refractivity contribution in [1.82, 2.24) is 15.3 Å². The van der Waals surface area contributed by atoms with Gasteiger partial charge >= 0.3 is 6.03 Å². The molecule has 0 bridgehead atoms. The fourth-order valence-corrected chi connectivity index (χ4v) is 4.98. The van der Waals surface area contributed by atoms with Gasteiger partial charge < -0.3 is 15.6 Å². The van der Waals surface area contributed by atoms with Crippen molar-refractivity contribution in [2.24, 2.45) is 23.7 Å². The SMILES string of the molecule is CC1=CC(CNC(=O)Nc2ccc(F)cc2)C(C(C)C)CC1Cc1nc2c(C)cccc2[nH]1. The number of aryl methyl sites for hydroxylation is 1. The van der Waals surface area contributed by atoms with Gasteiger partial charge in [0.15, 0.2) is 0 Å². The number of nitrogens with one attached hydrogen (secondary N) is 3. The Hall–Kier alpha value is -3.15. The van der Waals surface area contributed by atoms with E-state index in [1.807, 2.05) is 0 Å². The van der Waals surface area contributed by atoms with Crippen LogP contribution in [0, 0.1) is 36.4 Å². The number of para-hydroxylation sites is 1. The molecule has 33 heavy (non-hydrogen) atoms. The smallest absolute Gasteiger partial charge is 0.319 e. The Balaban J connectivity index is 1.42. The Morgan fingerprint density at radius 3 is 2.64 bits per heavy atom. The average molecular weight is 449 g/mol. The Kier molecular flexibility index (Phi) is 6.82. The largest absolute Gasteiger partial charge is 0.342 e. The third-order valence-electron chi connectivity index (χ3n) is 6.89. The lowest BCUT2D eigenvalue weighted by molar-refractivity contribution is 0.217. The second-order valence-corrected chi connectivity index (χ2v) is 9.62. The van der Waals surface area contributed by atoms with Crippen LogP contribution in [-0.4, -0.2) is 22.5 Å². The van der Waals surface area contributed by atoms with E-state index in [1.165, 1.54) is 23.3 Å². The lowest BCUT2D eigenvalue weighted by Gasteiger charge is -2.37. The van der Waals surface area contributed by atoms with Crippen molar-refractivity contribution in [2.45, 2.75) is 40.5 Å². The number of carbonyl (C=O) groups excluding carboxylic acids is 1. The Morgan fingerprint density at radius 2 is 1.94 bits per heavy atom. The number of nitrogens with zero attached hydrogens (tertiary/aromatic N) is 1. The number of aromatic nitrogens is 2. The van der Waals surface area contributed by atoms with Crippen LogP contribution < -0.4 is 10.6 Å². The second kappa shape index (κ2) is 9.77. The fraction of sp³-hybridized carbons (Fsp3) is 0.407. The van der Waals surface area contributed by atoms with Crippen molar-refractivity contribution < 1.29 is 9.18 Å². The van der Waals surface area contributed by atoms with Crippen LogP contribution in [0.4, 0.5) is 14.9 Å². The molecule has 1 aliphatic carbocycles. The van der Waals surface area contributed by atoms with Gasteiger partial charge in [0.05, 0.1) is 11.0 Å². The first-order valence-electron chi connectivity index (χ1n) is 11.7. The number of halogens is 1. The number of anilines is 1. The molecule has 2 amide bonds. The van der Waals surface area contributed by atoms with E-state index in [2.05, 4.69) is 67.6 Å². The van der Waals surface area contributed by atoms with E-state index < -0.39 is 0 Å². The quantitative estimate of drug-likeness (QED) is 0.391. The van der Waals surface area contributed by atoms with Gasteiger partial charge in [-0.05, 0) is 79.8 Å². The normalized spacial score (nSPS) is 20.7. The van der Waals surface area contributed by atoms with Crippen LogP contribution in [0.15, 0.2) is 54.1 Å². The van der Waals surface area contributed by atoms with E-state index in [9.17, 15) is 9.18 Å².